The number of fused-ring (bicyclic) bond motifs is 1. The number of ether oxygens (including phenoxy) is 2. The number of methoxy groups -OCH3 is 1. The summed E-state index contributed by atoms with van der Waals surface area (Å²) in [6.07, 6.45) is 3.00. The van der Waals surface area contributed by atoms with Crippen LogP contribution in [0.3, 0.4) is 0 Å². The Bertz CT molecular complexity index is 1050. The van der Waals surface area contributed by atoms with Crippen LogP contribution in [-0.4, -0.2) is 36.4 Å². The summed E-state index contributed by atoms with van der Waals surface area (Å²) in [5.74, 6) is 2.30. The summed E-state index contributed by atoms with van der Waals surface area (Å²) in [5, 5.41) is 0. The first-order valence-electron chi connectivity index (χ1n) is 11.4. The van der Waals surface area contributed by atoms with Crippen LogP contribution in [0.4, 0.5) is 5.82 Å². The third-order valence-electron chi connectivity index (χ3n) is 6.02. The van der Waals surface area contributed by atoms with E-state index in [1.54, 1.807) is 13.3 Å². The molecule has 33 heavy (non-hydrogen) atoms. The number of aryl methyl sites for hydroxylation is 1. The lowest BCUT2D eigenvalue weighted by atomic mass is 10.1. The minimum atomic E-state index is -0.393. The molecule has 0 radical (unpaired) electrons. The van der Waals surface area contributed by atoms with Gasteiger partial charge in [0.2, 0.25) is 0 Å². The summed E-state index contributed by atoms with van der Waals surface area (Å²) in [4.78, 5) is 8.90. The predicted molar refractivity (Wildman–Crippen MR) is 131 cm³/mol. The largest absolute Gasteiger partial charge is 0.493 e. The zero-order chi connectivity index (χ0) is 23.2. The van der Waals surface area contributed by atoms with Crippen LogP contribution in [0.2, 0.25) is 0 Å². The van der Waals surface area contributed by atoms with Gasteiger partial charge in [-0.15, -0.1) is 0 Å². The molecular weight excluding hydrogens is 414 g/mol. The van der Waals surface area contributed by atoms with E-state index >= 15 is 0 Å². The van der Waals surface area contributed by atoms with E-state index in [0.717, 1.165) is 42.1 Å². The Morgan fingerprint density at radius 2 is 1.79 bits per heavy atom. The molecule has 0 aliphatic carbocycles. The van der Waals surface area contributed by atoms with Crippen molar-refractivity contribution in [1.82, 2.24) is 9.88 Å². The normalized spacial score (nSPS) is 18.1. The van der Waals surface area contributed by atoms with E-state index in [9.17, 15) is 0 Å². The minimum Gasteiger partial charge on any atom is -0.493 e. The molecule has 2 heterocycles. The van der Waals surface area contributed by atoms with Crippen molar-refractivity contribution >= 4 is 5.82 Å². The third-order valence-corrected chi connectivity index (χ3v) is 6.02. The van der Waals surface area contributed by atoms with Crippen LogP contribution in [-0.2, 0) is 13.0 Å². The second-order valence-electron chi connectivity index (χ2n) is 8.15. The second-order valence-corrected chi connectivity index (χ2v) is 8.15. The van der Waals surface area contributed by atoms with Crippen LogP contribution in [0.25, 0.3) is 0 Å². The first kappa shape index (κ1) is 23.0. The van der Waals surface area contributed by atoms with E-state index in [2.05, 4.69) is 39.0 Å². The molecule has 3 aromatic rings. The average Bonchev–Trinajstić information content (AvgIpc) is 2.85. The van der Waals surface area contributed by atoms with Crippen molar-refractivity contribution in [2.24, 2.45) is 11.5 Å². The Labute approximate surface area is 195 Å². The third kappa shape index (κ3) is 5.11. The summed E-state index contributed by atoms with van der Waals surface area (Å²) < 4.78 is 11.2. The van der Waals surface area contributed by atoms with Gasteiger partial charge in [-0.2, -0.15) is 0 Å². The molecule has 0 saturated heterocycles. The highest BCUT2D eigenvalue weighted by Gasteiger charge is 2.36. The Balaban J connectivity index is 1.55. The molecule has 1 aliphatic heterocycles. The van der Waals surface area contributed by atoms with Gasteiger partial charge in [-0.3, -0.25) is 5.73 Å². The second kappa shape index (κ2) is 10.7. The molecule has 1 aromatic heterocycles. The van der Waals surface area contributed by atoms with Gasteiger partial charge in [0.15, 0.2) is 11.5 Å². The number of anilines is 1. The van der Waals surface area contributed by atoms with Crippen molar-refractivity contribution < 1.29 is 9.47 Å². The maximum absolute atomic E-state index is 6.78. The number of nitrogens with zero attached hydrogens (tertiary/aromatic N) is 3. The van der Waals surface area contributed by atoms with Crippen molar-refractivity contribution in [2.45, 2.75) is 38.8 Å². The molecule has 0 bridgehead atoms. The lowest BCUT2D eigenvalue weighted by Gasteiger charge is -2.46. The van der Waals surface area contributed by atoms with Crippen molar-refractivity contribution in [2.75, 3.05) is 25.2 Å². The molecule has 174 valence electrons. The number of benzene rings is 2. The standard InChI is InChI=1S/C26H33N5O2/c1-3-33-23-17-20(13-14-22(23)32-2)18-31-24(27)21-12-7-15-29-25(21)30(26(31)28)16-8-11-19-9-5-4-6-10-19/h4-7,9-10,12-15,17,24,26H,3,8,11,16,18,27-28H2,1-2H3. The molecule has 7 nitrogen and oxygen atoms in total. The molecule has 0 saturated carbocycles. The fourth-order valence-corrected chi connectivity index (χ4v) is 4.35. The van der Waals surface area contributed by atoms with Crippen LogP contribution >= 0.6 is 0 Å². The quantitative estimate of drug-likeness (QED) is 0.517. The number of rotatable bonds is 9. The van der Waals surface area contributed by atoms with Gasteiger partial charge >= 0.3 is 0 Å². The van der Waals surface area contributed by atoms with Crippen molar-refractivity contribution in [3.05, 3.63) is 83.6 Å². The number of hydrogen-bond acceptors (Lipinski definition) is 7. The molecule has 7 heteroatoms. The van der Waals surface area contributed by atoms with Crippen LogP contribution in [0.15, 0.2) is 66.9 Å². The Hall–Kier alpha value is -3.13. The summed E-state index contributed by atoms with van der Waals surface area (Å²) in [6, 6.07) is 20.4. The molecule has 4 N–H and O–H groups in total. The van der Waals surface area contributed by atoms with Gasteiger partial charge in [0, 0.05) is 24.8 Å². The van der Waals surface area contributed by atoms with Gasteiger partial charge in [0.25, 0.3) is 0 Å². The molecular formula is C26H33N5O2. The van der Waals surface area contributed by atoms with E-state index < -0.39 is 6.29 Å². The molecule has 0 fully saturated rings. The van der Waals surface area contributed by atoms with Crippen molar-refractivity contribution in [3.63, 3.8) is 0 Å². The first-order chi connectivity index (χ1) is 16.1. The molecule has 1 aliphatic rings. The number of pyridine rings is 1. The van der Waals surface area contributed by atoms with Gasteiger partial charge < -0.3 is 20.1 Å². The number of nitrogens with two attached hydrogens (primary N) is 2. The Morgan fingerprint density at radius 3 is 2.55 bits per heavy atom. The SMILES string of the molecule is CCOc1cc(CN2C(N)c3cccnc3N(CCCc3ccccc3)C2N)ccc1OC. The van der Waals surface area contributed by atoms with Gasteiger partial charge in [0.05, 0.1) is 19.9 Å². The highest BCUT2D eigenvalue weighted by Crippen LogP contribution is 2.35. The maximum Gasteiger partial charge on any atom is 0.161 e. The molecule has 0 spiro atoms. The van der Waals surface area contributed by atoms with Crippen LogP contribution < -0.4 is 25.8 Å². The van der Waals surface area contributed by atoms with Gasteiger partial charge in [0.1, 0.15) is 12.1 Å². The van der Waals surface area contributed by atoms with Gasteiger partial charge in [-0.05, 0) is 49.1 Å². The van der Waals surface area contributed by atoms with E-state index in [4.69, 9.17) is 20.9 Å². The van der Waals surface area contributed by atoms with E-state index in [0.29, 0.717) is 18.9 Å². The summed E-state index contributed by atoms with van der Waals surface area (Å²) >= 11 is 0. The van der Waals surface area contributed by atoms with E-state index in [-0.39, 0.29) is 6.17 Å². The smallest absolute Gasteiger partial charge is 0.161 e. The number of hydrogen-bond donors (Lipinski definition) is 2. The van der Waals surface area contributed by atoms with E-state index in [1.807, 2.05) is 43.3 Å². The highest BCUT2D eigenvalue weighted by atomic mass is 16.5. The molecule has 2 aromatic carbocycles. The zero-order valence-corrected chi connectivity index (χ0v) is 19.4. The van der Waals surface area contributed by atoms with Gasteiger partial charge in [-0.25, -0.2) is 9.88 Å². The zero-order valence-electron chi connectivity index (χ0n) is 19.4. The van der Waals surface area contributed by atoms with Crippen LogP contribution in [0, 0.1) is 0 Å². The van der Waals surface area contributed by atoms with E-state index in [1.165, 1.54) is 5.56 Å². The highest BCUT2D eigenvalue weighted by molar-refractivity contribution is 5.51. The number of aromatic nitrogens is 1. The molecule has 0 amide bonds. The monoisotopic (exact) mass is 447 g/mol. The lowest BCUT2D eigenvalue weighted by Crippen LogP contribution is -2.60. The van der Waals surface area contributed by atoms with Crippen molar-refractivity contribution in [1.29, 1.82) is 0 Å². The maximum atomic E-state index is 6.78. The predicted octanol–water partition coefficient (Wildman–Crippen LogP) is 3.64. The van der Waals surface area contributed by atoms with Crippen LogP contribution in [0.1, 0.15) is 36.2 Å². The summed E-state index contributed by atoms with van der Waals surface area (Å²) in [6.45, 7) is 3.89. The topological polar surface area (TPSA) is 89.9 Å². The first-order valence-corrected chi connectivity index (χ1v) is 11.4. The minimum absolute atomic E-state index is 0.355. The fourth-order valence-electron chi connectivity index (χ4n) is 4.35. The lowest BCUT2D eigenvalue weighted by molar-refractivity contribution is 0.112. The van der Waals surface area contributed by atoms with Crippen LogP contribution in [0.5, 0.6) is 11.5 Å². The Kier molecular flexibility index (Phi) is 7.44. The fraction of sp³-hybridized carbons (Fsp3) is 0.346. The molecule has 2 unspecified atom stereocenters. The Morgan fingerprint density at radius 1 is 0.970 bits per heavy atom. The summed E-state index contributed by atoms with van der Waals surface area (Å²) in [7, 11) is 1.64. The average molecular weight is 448 g/mol. The van der Waals surface area contributed by atoms with Gasteiger partial charge in [-0.1, -0.05) is 42.5 Å². The van der Waals surface area contributed by atoms with Crippen molar-refractivity contribution in [3.8, 4) is 11.5 Å². The molecule has 4 rings (SSSR count). The molecule has 2 atom stereocenters. The summed E-state index contributed by atoms with van der Waals surface area (Å²) in [5.41, 5.74) is 16.8.